The molecule has 52 heavy (non-hydrogen) atoms. The van der Waals surface area contributed by atoms with E-state index in [1.165, 1.54) is 27.8 Å². The maximum absolute atomic E-state index is 14.1. The van der Waals surface area contributed by atoms with E-state index in [9.17, 15) is 9.59 Å². The average molecular weight is 718 g/mol. The lowest BCUT2D eigenvalue weighted by molar-refractivity contribution is -0.125. The zero-order valence-corrected chi connectivity index (χ0v) is 32.2. The van der Waals surface area contributed by atoms with E-state index in [-0.39, 0.29) is 41.3 Å². The van der Waals surface area contributed by atoms with Crippen LogP contribution in [0.4, 0.5) is 4.79 Å². The molecule has 1 fully saturated rings. The van der Waals surface area contributed by atoms with Crippen LogP contribution >= 0.6 is 11.8 Å². The van der Waals surface area contributed by atoms with Crippen LogP contribution < -0.4 is 10.6 Å². The summed E-state index contributed by atoms with van der Waals surface area (Å²) in [6.07, 6.45) is 4.36. The van der Waals surface area contributed by atoms with Gasteiger partial charge in [-0.1, -0.05) is 136 Å². The lowest BCUT2D eigenvalue weighted by Crippen LogP contribution is -2.53. The van der Waals surface area contributed by atoms with Gasteiger partial charge in [0.25, 0.3) is 0 Å². The third-order valence-electron chi connectivity index (χ3n) is 10.6. The molecule has 0 saturated carbocycles. The van der Waals surface area contributed by atoms with Gasteiger partial charge in [-0.25, -0.2) is 4.79 Å². The summed E-state index contributed by atoms with van der Waals surface area (Å²) in [5.41, 5.74) is 5.52. The van der Waals surface area contributed by atoms with Crippen LogP contribution in [-0.4, -0.2) is 52.9 Å². The molecule has 274 valence electrons. The third-order valence-corrected chi connectivity index (χ3v) is 12.4. The van der Waals surface area contributed by atoms with Crippen LogP contribution in [0.2, 0.25) is 0 Å². The Morgan fingerprint density at radius 3 is 1.96 bits per heavy atom. The zero-order valence-electron chi connectivity index (χ0n) is 31.4. The number of hydrogen-bond acceptors (Lipinski definition) is 5. The zero-order chi connectivity index (χ0) is 36.7. The first-order chi connectivity index (χ1) is 25.1. The lowest BCUT2D eigenvalue weighted by Gasteiger charge is -2.37. The van der Waals surface area contributed by atoms with E-state index in [1.807, 2.05) is 37.4 Å². The van der Waals surface area contributed by atoms with Crippen molar-refractivity contribution in [3.05, 3.63) is 143 Å². The number of nitrogens with zero attached hydrogens (tertiary/aromatic N) is 1. The number of nitrogens with one attached hydrogen (secondary N) is 2. The second-order valence-corrected chi connectivity index (χ2v) is 17.0. The Morgan fingerprint density at radius 1 is 0.846 bits per heavy atom. The summed E-state index contributed by atoms with van der Waals surface area (Å²) in [7, 11) is 0. The molecule has 2 amide bonds. The molecule has 4 aromatic rings. The number of likely N-dealkylation sites (tertiary alicyclic amines) is 1. The molecule has 1 heterocycles. The van der Waals surface area contributed by atoms with Gasteiger partial charge in [-0.3, -0.25) is 4.79 Å². The molecule has 2 aliphatic rings. The number of thioether (sulfide) groups is 1. The number of aryl methyl sites for hydroxylation is 1. The first-order valence-corrected chi connectivity index (χ1v) is 19.9. The third kappa shape index (κ3) is 8.58. The quantitative estimate of drug-likeness (QED) is 0.143. The largest absolute Gasteiger partial charge is 0.444 e. The highest BCUT2D eigenvalue weighted by molar-refractivity contribution is 8.01. The van der Waals surface area contributed by atoms with Crippen molar-refractivity contribution in [1.29, 1.82) is 0 Å². The first-order valence-electron chi connectivity index (χ1n) is 19.0. The Hall–Kier alpha value is -4.07. The summed E-state index contributed by atoms with van der Waals surface area (Å²) in [6.45, 7) is 11.1. The Bertz CT molecular complexity index is 1660. The SMILES string of the molecule is CCC(C)[C@H](NCC1CC(SC(c2ccccc2)(c2ccccc2)c2ccccc2)CN1C(=O)OC(C)(C)C)C(=O)NC1CCCc2ccccc21. The molecule has 0 bridgehead atoms. The fourth-order valence-corrected chi connectivity index (χ4v) is 9.76. The van der Waals surface area contributed by atoms with E-state index >= 15 is 0 Å². The van der Waals surface area contributed by atoms with E-state index in [1.54, 1.807) is 0 Å². The molecule has 1 saturated heterocycles. The van der Waals surface area contributed by atoms with Crippen LogP contribution in [0, 0.1) is 5.92 Å². The lowest BCUT2D eigenvalue weighted by atomic mass is 9.84. The molecular formula is C45H55N3O3S. The minimum Gasteiger partial charge on any atom is -0.444 e. The van der Waals surface area contributed by atoms with Crippen molar-refractivity contribution < 1.29 is 14.3 Å². The Labute approximate surface area is 315 Å². The molecule has 1 aliphatic carbocycles. The summed E-state index contributed by atoms with van der Waals surface area (Å²) in [6, 6.07) is 40.1. The fourth-order valence-electron chi connectivity index (χ4n) is 7.89. The van der Waals surface area contributed by atoms with Gasteiger partial charge < -0.3 is 20.3 Å². The van der Waals surface area contributed by atoms with E-state index < -0.39 is 10.3 Å². The van der Waals surface area contributed by atoms with E-state index in [4.69, 9.17) is 4.74 Å². The van der Waals surface area contributed by atoms with Gasteiger partial charge in [0.05, 0.1) is 16.8 Å². The number of amides is 2. The van der Waals surface area contributed by atoms with Gasteiger partial charge in [0.15, 0.2) is 0 Å². The van der Waals surface area contributed by atoms with E-state index in [2.05, 4.69) is 140 Å². The van der Waals surface area contributed by atoms with Gasteiger partial charge in [-0.15, -0.1) is 11.8 Å². The molecule has 4 unspecified atom stereocenters. The second-order valence-electron chi connectivity index (χ2n) is 15.5. The number of ether oxygens (including phenoxy) is 1. The molecule has 1 aliphatic heterocycles. The van der Waals surface area contributed by atoms with Crippen molar-refractivity contribution in [1.82, 2.24) is 15.5 Å². The van der Waals surface area contributed by atoms with Gasteiger partial charge in [-0.2, -0.15) is 0 Å². The number of rotatable bonds is 12. The predicted octanol–water partition coefficient (Wildman–Crippen LogP) is 9.29. The standard InChI is InChI=1S/C45H55N3O3S/c1-6-32(2)41(42(49)47-40-28-18-20-33-19-16-17-27-39(33)40)46-30-37-29-38(31-48(37)43(50)51-44(3,4)5)52-45(34-21-10-7-11-22-34,35-23-12-8-13-24-35)36-25-14-9-15-26-36/h7-17,19,21-27,32,37-38,40-41,46H,6,18,20,28-31H2,1-5H3,(H,47,49)/t32?,37?,38?,40?,41-/m0/s1. The van der Waals surface area contributed by atoms with Crippen molar-refractivity contribution in [2.75, 3.05) is 13.1 Å². The Morgan fingerprint density at radius 2 is 1.40 bits per heavy atom. The number of carbonyl (C=O) groups excluding carboxylic acids is 2. The summed E-state index contributed by atoms with van der Waals surface area (Å²) in [4.78, 5) is 29.9. The number of carbonyl (C=O) groups is 2. The van der Waals surface area contributed by atoms with Gasteiger partial charge in [0.2, 0.25) is 5.91 Å². The van der Waals surface area contributed by atoms with Gasteiger partial charge in [0, 0.05) is 24.4 Å². The highest BCUT2D eigenvalue weighted by Crippen LogP contribution is 2.52. The topological polar surface area (TPSA) is 70.7 Å². The summed E-state index contributed by atoms with van der Waals surface area (Å²) < 4.78 is 5.50. The van der Waals surface area contributed by atoms with Gasteiger partial charge in [0.1, 0.15) is 5.60 Å². The van der Waals surface area contributed by atoms with Crippen molar-refractivity contribution in [3.63, 3.8) is 0 Å². The summed E-state index contributed by atoms with van der Waals surface area (Å²) >= 11 is 1.91. The molecule has 6 nitrogen and oxygen atoms in total. The Kier molecular flexibility index (Phi) is 12.1. The molecule has 7 heteroatoms. The Balaban J connectivity index is 1.28. The van der Waals surface area contributed by atoms with Gasteiger partial charge in [-0.05, 0) is 80.2 Å². The van der Waals surface area contributed by atoms with Crippen LogP contribution in [0.1, 0.15) is 94.2 Å². The number of hydrogen-bond donors (Lipinski definition) is 2. The minimum atomic E-state index is -0.627. The number of fused-ring (bicyclic) bond motifs is 1. The van der Waals surface area contributed by atoms with Crippen molar-refractivity contribution >= 4 is 23.8 Å². The predicted molar refractivity (Wildman–Crippen MR) is 213 cm³/mol. The molecule has 4 aromatic carbocycles. The normalized spacial score (nSPS) is 20.1. The highest BCUT2D eigenvalue weighted by Gasteiger charge is 2.45. The second kappa shape index (κ2) is 16.7. The van der Waals surface area contributed by atoms with Crippen LogP contribution in [-0.2, 0) is 20.7 Å². The maximum Gasteiger partial charge on any atom is 0.410 e. The van der Waals surface area contributed by atoms with E-state index in [0.717, 1.165) is 32.1 Å². The average Bonchev–Trinajstić information content (AvgIpc) is 3.57. The van der Waals surface area contributed by atoms with Crippen LogP contribution in [0.5, 0.6) is 0 Å². The van der Waals surface area contributed by atoms with Crippen LogP contribution in [0.3, 0.4) is 0 Å². The van der Waals surface area contributed by atoms with Crippen LogP contribution in [0.25, 0.3) is 0 Å². The molecule has 0 aromatic heterocycles. The van der Waals surface area contributed by atoms with Crippen LogP contribution in [0.15, 0.2) is 115 Å². The maximum atomic E-state index is 14.1. The minimum absolute atomic E-state index is 0.0124. The van der Waals surface area contributed by atoms with Gasteiger partial charge >= 0.3 is 6.09 Å². The molecule has 6 rings (SSSR count). The molecular weight excluding hydrogens is 663 g/mol. The van der Waals surface area contributed by atoms with Crippen molar-refractivity contribution in [3.8, 4) is 0 Å². The number of benzene rings is 4. The highest BCUT2D eigenvalue weighted by atomic mass is 32.2. The van der Waals surface area contributed by atoms with Crippen molar-refractivity contribution in [2.24, 2.45) is 5.92 Å². The monoisotopic (exact) mass is 717 g/mol. The van der Waals surface area contributed by atoms with E-state index in [0.29, 0.717) is 13.1 Å². The molecule has 0 spiro atoms. The molecule has 5 atom stereocenters. The summed E-state index contributed by atoms with van der Waals surface area (Å²) in [5.74, 6) is 0.141. The smallest absolute Gasteiger partial charge is 0.410 e. The fraction of sp³-hybridized carbons (Fsp3) is 0.422. The molecule has 2 N–H and O–H groups in total. The van der Waals surface area contributed by atoms with Crippen molar-refractivity contribution in [2.45, 2.75) is 100 Å². The summed E-state index contributed by atoms with van der Waals surface area (Å²) in [5, 5.41) is 7.19. The first kappa shape index (κ1) is 37.7. The molecule has 0 radical (unpaired) electrons.